The van der Waals surface area contributed by atoms with Gasteiger partial charge >= 0.3 is 0 Å². The fraction of sp³-hybridized carbons (Fsp3) is 0.600. The van der Waals surface area contributed by atoms with Gasteiger partial charge < -0.3 is 4.74 Å². The van der Waals surface area contributed by atoms with Gasteiger partial charge in [0.05, 0.1) is 12.3 Å². The van der Waals surface area contributed by atoms with E-state index in [9.17, 15) is 4.91 Å². The molecule has 3 nitrogen and oxygen atoms in total. The van der Waals surface area contributed by atoms with E-state index in [-0.39, 0.29) is 0 Å². The van der Waals surface area contributed by atoms with E-state index in [1.807, 2.05) is 26.0 Å². The van der Waals surface area contributed by atoms with Crippen molar-refractivity contribution in [2.45, 2.75) is 26.7 Å². The van der Waals surface area contributed by atoms with E-state index in [0.717, 1.165) is 12.0 Å². The van der Waals surface area contributed by atoms with Crippen LogP contribution in [0.4, 0.5) is 0 Å². The van der Waals surface area contributed by atoms with Crippen molar-refractivity contribution in [1.82, 2.24) is 0 Å². The predicted molar refractivity (Wildman–Crippen MR) is 54.4 cm³/mol. The Hall–Kier alpha value is -0.960. The molecule has 0 amide bonds. The summed E-state index contributed by atoms with van der Waals surface area (Å²) in [5.41, 5.74) is 1.45. The Morgan fingerprint density at radius 3 is 2.54 bits per heavy atom. The number of rotatable bonds is 6. The zero-order valence-electron chi connectivity index (χ0n) is 8.54. The molecule has 0 aromatic heterocycles. The van der Waals surface area contributed by atoms with Crippen LogP contribution in [0.15, 0.2) is 28.6 Å². The fourth-order valence-electron chi connectivity index (χ4n) is 0.993. The summed E-state index contributed by atoms with van der Waals surface area (Å²) in [7, 11) is 1.61. The van der Waals surface area contributed by atoms with E-state index < -0.39 is 0 Å². The lowest BCUT2D eigenvalue weighted by molar-refractivity contribution is 0.227. The number of ether oxygens (including phenoxy) is 1. The summed E-state index contributed by atoms with van der Waals surface area (Å²) in [5, 5.41) is 2.98. The zero-order valence-corrected chi connectivity index (χ0v) is 8.54. The lowest BCUT2D eigenvalue weighted by atomic mass is 10.1. The third-order valence-corrected chi connectivity index (χ3v) is 1.67. The van der Waals surface area contributed by atoms with Gasteiger partial charge in [0.1, 0.15) is 0 Å². The average Bonchev–Trinajstić information content (AvgIpc) is 2.16. The maximum Gasteiger partial charge on any atom is 0.0901 e. The summed E-state index contributed by atoms with van der Waals surface area (Å²) < 4.78 is 4.98. The van der Waals surface area contributed by atoms with Crippen LogP contribution < -0.4 is 0 Å². The third-order valence-electron chi connectivity index (χ3n) is 1.67. The van der Waals surface area contributed by atoms with E-state index in [1.54, 1.807) is 7.11 Å². The Morgan fingerprint density at radius 2 is 2.15 bits per heavy atom. The van der Waals surface area contributed by atoms with Crippen molar-refractivity contribution in [1.29, 1.82) is 0 Å². The van der Waals surface area contributed by atoms with E-state index in [4.69, 9.17) is 4.74 Å². The standard InChI is InChI=1S/C10H17NO2/c1-4-6-7-9(8-13-3)10(5-2)11-12/h6-7H,4-5,8H2,1-3H3/b7-6-,10-9-. The van der Waals surface area contributed by atoms with E-state index >= 15 is 0 Å². The van der Waals surface area contributed by atoms with Crippen LogP contribution in [-0.4, -0.2) is 13.7 Å². The van der Waals surface area contributed by atoms with Crippen LogP contribution >= 0.6 is 0 Å². The number of methoxy groups -OCH3 is 1. The molecule has 0 N–H and O–H groups in total. The van der Waals surface area contributed by atoms with Crippen LogP contribution in [0.2, 0.25) is 0 Å². The maximum absolute atomic E-state index is 10.4. The van der Waals surface area contributed by atoms with Gasteiger partial charge in [0, 0.05) is 12.7 Å². The summed E-state index contributed by atoms with van der Waals surface area (Å²) in [5.74, 6) is 0. The van der Waals surface area contributed by atoms with Crippen LogP contribution in [0.3, 0.4) is 0 Å². The highest BCUT2D eigenvalue weighted by atomic mass is 16.5. The van der Waals surface area contributed by atoms with Crippen molar-refractivity contribution in [3.63, 3.8) is 0 Å². The molecule has 13 heavy (non-hydrogen) atoms. The molecular weight excluding hydrogens is 166 g/mol. The van der Waals surface area contributed by atoms with Crippen LogP contribution in [-0.2, 0) is 4.74 Å². The minimum atomic E-state index is 0.450. The van der Waals surface area contributed by atoms with E-state index in [1.165, 1.54) is 0 Å². The molecule has 0 aliphatic rings. The molecule has 0 saturated carbocycles. The molecule has 0 aromatic rings. The lowest BCUT2D eigenvalue weighted by Gasteiger charge is -2.02. The molecule has 0 spiro atoms. The molecule has 0 saturated heterocycles. The minimum Gasteiger partial charge on any atom is -0.380 e. The summed E-state index contributed by atoms with van der Waals surface area (Å²) >= 11 is 0. The second-order valence-electron chi connectivity index (χ2n) is 2.66. The van der Waals surface area contributed by atoms with Gasteiger partial charge in [0.25, 0.3) is 0 Å². The average molecular weight is 183 g/mol. The molecule has 0 rings (SSSR count). The minimum absolute atomic E-state index is 0.450. The summed E-state index contributed by atoms with van der Waals surface area (Å²) in [6.07, 6.45) is 5.50. The van der Waals surface area contributed by atoms with Gasteiger partial charge in [-0.15, -0.1) is 4.91 Å². The Morgan fingerprint density at radius 1 is 1.46 bits per heavy atom. The molecular formula is C10H17NO2. The Bertz CT molecular complexity index is 207. The Balaban J connectivity index is 4.62. The van der Waals surface area contributed by atoms with Crippen molar-refractivity contribution in [2.75, 3.05) is 13.7 Å². The van der Waals surface area contributed by atoms with E-state index in [2.05, 4.69) is 5.18 Å². The molecule has 0 radical (unpaired) electrons. The van der Waals surface area contributed by atoms with Crippen molar-refractivity contribution in [3.8, 4) is 0 Å². The van der Waals surface area contributed by atoms with Crippen molar-refractivity contribution in [2.24, 2.45) is 5.18 Å². The first-order chi connectivity index (χ1) is 6.29. The number of allylic oxidation sites excluding steroid dienone is 2. The van der Waals surface area contributed by atoms with Crippen LogP contribution in [0, 0.1) is 4.91 Å². The monoisotopic (exact) mass is 183 g/mol. The molecule has 0 fully saturated rings. The predicted octanol–water partition coefficient (Wildman–Crippen LogP) is 3.03. The van der Waals surface area contributed by atoms with Gasteiger partial charge in [0.15, 0.2) is 0 Å². The summed E-state index contributed by atoms with van der Waals surface area (Å²) in [4.78, 5) is 10.4. The first kappa shape index (κ1) is 12.0. The number of nitrogens with zero attached hydrogens (tertiary/aromatic N) is 1. The first-order valence-electron chi connectivity index (χ1n) is 4.50. The lowest BCUT2D eigenvalue weighted by Crippen LogP contribution is -1.95. The molecule has 0 atom stereocenters. The number of nitroso groups, excluding NO2 is 1. The second kappa shape index (κ2) is 7.68. The molecule has 0 bridgehead atoms. The Kier molecular flexibility index (Phi) is 7.11. The highest BCUT2D eigenvalue weighted by Crippen LogP contribution is 2.12. The smallest absolute Gasteiger partial charge is 0.0901 e. The quantitative estimate of drug-likeness (QED) is 0.469. The van der Waals surface area contributed by atoms with Gasteiger partial charge in [-0.1, -0.05) is 26.0 Å². The molecule has 74 valence electrons. The van der Waals surface area contributed by atoms with Crippen LogP contribution in [0.25, 0.3) is 0 Å². The van der Waals surface area contributed by atoms with Gasteiger partial charge in [-0.05, 0) is 18.0 Å². The number of hydrogen-bond donors (Lipinski definition) is 0. The SMILES string of the molecule is CC/C=C\C(COC)=C(/CC)N=O. The highest BCUT2D eigenvalue weighted by Gasteiger charge is 2.01. The normalized spacial score (nSPS) is 13.2. The van der Waals surface area contributed by atoms with E-state index in [0.29, 0.717) is 18.7 Å². The van der Waals surface area contributed by atoms with Gasteiger partial charge in [0.2, 0.25) is 0 Å². The molecule has 0 heterocycles. The number of hydrogen-bond acceptors (Lipinski definition) is 3. The van der Waals surface area contributed by atoms with Gasteiger partial charge in [-0.3, -0.25) is 0 Å². The maximum atomic E-state index is 10.4. The summed E-state index contributed by atoms with van der Waals surface area (Å²) in [6.45, 7) is 4.40. The van der Waals surface area contributed by atoms with Crippen molar-refractivity contribution >= 4 is 0 Å². The summed E-state index contributed by atoms with van der Waals surface area (Å²) in [6, 6.07) is 0. The zero-order chi connectivity index (χ0) is 10.1. The second-order valence-corrected chi connectivity index (χ2v) is 2.66. The molecule has 0 unspecified atom stereocenters. The fourth-order valence-corrected chi connectivity index (χ4v) is 0.993. The van der Waals surface area contributed by atoms with Gasteiger partial charge in [-0.2, -0.15) is 0 Å². The molecule has 3 heteroatoms. The molecule has 0 aromatic carbocycles. The van der Waals surface area contributed by atoms with Gasteiger partial charge in [-0.25, -0.2) is 0 Å². The largest absolute Gasteiger partial charge is 0.380 e. The third kappa shape index (κ3) is 4.58. The highest BCUT2D eigenvalue weighted by molar-refractivity contribution is 5.25. The Labute approximate surface area is 79.5 Å². The van der Waals surface area contributed by atoms with Crippen molar-refractivity contribution in [3.05, 3.63) is 28.3 Å². The molecule has 0 aliphatic carbocycles. The topological polar surface area (TPSA) is 38.7 Å². The first-order valence-corrected chi connectivity index (χ1v) is 4.50. The van der Waals surface area contributed by atoms with Crippen LogP contribution in [0.5, 0.6) is 0 Å². The molecule has 0 aliphatic heterocycles. The van der Waals surface area contributed by atoms with Crippen molar-refractivity contribution < 1.29 is 4.74 Å². The van der Waals surface area contributed by atoms with Crippen LogP contribution in [0.1, 0.15) is 26.7 Å².